The van der Waals surface area contributed by atoms with E-state index in [0.717, 1.165) is 0 Å². The molecule has 0 atom stereocenters. The van der Waals surface area contributed by atoms with Gasteiger partial charge < -0.3 is 9.64 Å². The number of likely N-dealkylation sites (tertiary alicyclic amines) is 1. The Bertz CT molecular complexity index is 274. The number of ether oxygens (including phenoxy) is 1. The van der Waals surface area contributed by atoms with Crippen molar-refractivity contribution in [3.8, 4) is 0 Å². The minimum absolute atomic E-state index is 0.328. The van der Waals surface area contributed by atoms with Crippen LogP contribution in [0.5, 0.6) is 0 Å². The maximum Gasteiger partial charge on any atom is 0.0595 e. The summed E-state index contributed by atoms with van der Waals surface area (Å²) in [5.74, 6) is 0. The van der Waals surface area contributed by atoms with Crippen LogP contribution in [0.15, 0.2) is 0 Å². The average molecular weight is 283 g/mol. The molecule has 2 heterocycles. The van der Waals surface area contributed by atoms with Gasteiger partial charge in [-0.1, -0.05) is 0 Å². The van der Waals surface area contributed by atoms with Crippen LogP contribution >= 0.6 is 0 Å². The van der Waals surface area contributed by atoms with Crippen LogP contribution in [0.4, 0.5) is 0 Å². The molecule has 0 unspecified atom stereocenters. The predicted octanol–water partition coefficient (Wildman–Crippen LogP) is 1.51. The van der Waals surface area contributed by atoms with Crippen LogP contribution in [0.3, 0.4) is 0 Å². The van der Waals surface area contributed by atoms with Gasteiger partial charge in [0.2, 0.25) is 0 Å². The SMILES string of the molecule is COC1CCN(CCN2CCN(C(C)(C)C)CC2)CC1. The Kier molecular flexibility index (Phi) is 5.84. The Balaban J connectivity index is 1.62. The molecule has 4 nitrogen and oxygen atoms in total. The van der Waals surface area contributed by atoms with Gasteiger partial charge in [-0.2, -0.15) is 0 Å². The average Bonchev–Trinajstić information content (AvgIpc) is 2.45. The van der Waals surface area contributed by atoms with Crippen LogP contribution in [-0.4, -0.2) is 85.8 Å². The van der Waals surface area contributed by atoms with Gasteiger partial charge in [-0.25, -0.2) is 0 Å². The second-order valence-electron chi connectivity index (χ2n) is 7.28. The van der Waals surface area contributed by atoms with E-state index >= 15 is 0 Å². The lowest BCUT2D eigenvalue weighted by molar-refractivity contribution is 0.0302. The summed E-state index contributed by atoms with van der Waals surface area (Å²) >= 11 is 0. The van der Waals surface area contributed by atoms with Crippen LogP contribution in [-0.2, 0) is 4.74 Å². The molecule has 0 radical (unpaired) electrons. The Labute approximate surface area is 125 Å². The van der Waals surface area contributed by atoms with Gasteiger partial charge in [-0.3, -0.25) is 9.80 Å². The molecule has 2 aliphatic rings. The highest BCUT2D eigenvalue weighted by molar-refractivity contribution is 4.82. The number of methoxy groups -OCH3 is 1. The smallest absolute Gasteiger partial charge is 0.0595 e. The second kappa shape index (κ2) is 7.21. The van der Waals surface area contributed by atoms with Crippen LogP contribution in [0.2, 0.25) is 0 Å². The number of rotatable bonds is 4. The molecule has 2 fully saturated rings. The monoisotopic (exact) mass is 283 g/mol. The maximum absolute atomic E-state index is 5.43. The molecule has 0 N–H and O–H groups in total. The lowest BCUT2D eigenvalue weighted by Gasteiger charge is -2.42. The summed E-state index contributed by atoms with van der Waals surface area (Å²) in [6.07, 6.45) is 2.91. The predicted molar refractivity (Wildman–Crippen MR) is 84.2 cm³/mol. The van der Waals surface area contributed by atoms with Gasteiger partial charge in [0.1, 0.15) is 0 Å². The Morgan fingerprint density at radius 1 is 0.850 bits per heavy atom. The van der Waals surface area contributed by atoms with E-state index in [1.807, 2.05) is 7.11 Å². The van der Waals surface area contributed by atoms with Crippen molar-refractivity contribution in [2.45, 2.75) is 45.3 Å². The maximum atomic E-state index is 5.43. The fourth-order valence-corrected chi connectivity index (χ4v) is 3.29. The molecule has 0 aliphatic carbocycles. The molecule has 0 amide bonds. The van der Waals surface area contributed by atoms with Crippen molar-refractivity contribution in [2.24, 2.45) is 0 Å². The first-order valence-electron chi connectivity index (χ1n) is 8.21. The number of hydrogen-bond acceptors (Lipinski definition) is 4. The summed E-state index contributed by atoms with van der Waals surface area (Å²) in [7, 11) is 1.84. The van der Waals surface area contributed by atoms with Crippen molar-refractivity contribution in [1.82, 2.24) is 14.7 Å². The molecule has 118 valence electrons. The highest BCUT2D eigenvalue weighted by Gasteiger charge is 2.26. The number of piperidine rings is 1. The number of hydrogen-bond donors (Lipinski definition) is 0. The molecule has 0 bridgehead atoms. The van der Waals surface area contributed by atoms with Crippen molar-refractivity contribution in [2.75, 3.05) is 59.5 Å². The Hall–Kier alpha value is -0.160. The van der Waals surface area contributed by atoms with E-state index in [-0.39, 0.29) is 0 Å². The van der Waals surface area contributed by atoms with Crippen molar-refractivity contribution in [3.05, 3.63) is 0 Å². The van der Waals surface area contributed by atoms with Crippen LogP contribution in [0, 0.1) is 0 Å². The summed E-state index contributed by atoms with van der Waals surface area (Å²) in [6.45, 7) is 16.7. The van der Waals surface area contributed by atoms with Gasteiger partial charge in [0, 0.05) is 65.0 Å². The zero-order chi connectivity index (χ0) is 14.6. The molecule has 2 saturated heterocycles. The second-order valence-corrected chi connectivity index (χ2v) is 7.28. The third-order valence-electron chi connectivity index (χ3n) is 4.92. The standard InChI is InChI=1S/C16H33N3O/c1-16(2,3)19-13-11-18(12-14-19)10-9-17-7-5-15(20-4)6-8-17/h15H,5-14H2,1-4H3. The highest BCUT2D eigenvalue weighted by atomic mass is 16.5. The topological polar surface area (TPSA) is 19.0 Å². The number of nitrogens with zero attached hydrogens (tertiary/aromatic N) is 3. The summed E-state index contributed by atoms with van der Waals surface area (Å²) in [5, 5.41) is 0. The molecule has 0 aromatic heterocycles. The van der Waals surface area contributed by atoms with Crippen LogP contribution in [0.25, 0.3) is 0 Å². The zero-order valence-corrected chi connectivity index (χ0v) is 13.9. The fraction of sp³-hybridized carbons (Fsp3) is 1.00. The molecule has 0 aromatic carbocycles. The highest BCUT2D eigenvalue weighted by Crippen LogP contribution is 2.16. The third kappa shape index (κ3) is 4.69. The Morgan fingerprint density at radius 2 is 1.35 bits per heavy atom. The molecular weight excluding hydrogens is 250 g/mol. The van der Waals surface area contributed by atoms with E-state index in [1.54, 1.807) is 0 Å². The van der Waals surface area contributed by atoms with E-state index in [2.05, 4.69) is 35.5 Å². The molecule has 0 aromatic rings. The van der Waals surface area contributed by atoms with E-state index in [9.17, 15) is 0 Å². The molecule has 2 rings (SSSR count). The summed E-state index contributed by atoms with van der Waals surface area (Å²) in [6, 6.07) is 0. The van der Waals surface area contributed by atoms with Gasteiger partial charge >= 0.3 is 0 Å². The lowest BCUT2D eigenvalue weighted by Crippen LogP contribution is -2.54. The van der Waals surface area contributed by atoms with Crippen molar-refractivity contribution in [1.29, 1.82) is 0 Å². The van der Waals surface area contributed by atoms with Gasteiger partial charge in [-0.05, 0) is 33.6 Å². The first-order valence-corrected chi connectivity index (χ1v) is 8.21. The lowest BCUT2D eigenvalue weighted by atomic mass is 10.0. The van der Waals surface area contributed by atoms with E-state index in [4.69, 9.17) is 4.74 Å². The summed E-state index contributed by atoms with van der Waals surface area (Å²) in [5.41, 5.74) is 0.328. The van der Waals surface area contributed by atoms with Gasteiger partial charge in [-0.15, -0.1) is 0 Å². The first-order chi connectivity index (χ1) is 9.49. The van der Waals surface area contributed by atoms with Crippen LogP contribution < -0.4 is 0 Å². The fourth-order valence-electron chi connectivity index (χ4n) is 3.29. The molecule has 0 saturated carbocycles. The van der Waals surface area contributed by atoms with E-state index in [1.165, 1.54) is 65.2 Å². The van der Waals surface area contributed by atoms with Gasteiger partial charge in [0.05, 0.1) is 6.10 Å². The van der Waals surface area contributed by atoms with E-state index < -0.39 is 0 Å². The van der Waals surface area contributed by atoms with Crippen molar-refractivity contribution >= 4 is 0 Å². The quantitative estimate of drug-likeness (QED) is 0.778. The van der Waals surface area contributed by atoms with Crippen LogP contribution in [0.1, 0.15) is 33.6 Å². The zero-order valence-electron chi connectivity index (χ0n) is 13.9. The molecule has 0 spiro atoms. The van der Waals surface area contributed by atoms with Crippen molar-refractivity contribution in [3.63, 3.8) is 0 Å². The van der Waals surface area contributed by atoms with Gasteiger partial charge in [0.15, 0.2) is 0 Å². The molecule has 20 heavy (non-hydrogen) atoms. The third-order valence-corrected chi connectivity index (χ3v) is 4.92. The summed E-state index contributed by atoms with van der Waals surface area (Å²) in [4.78, 5) is 7.84. The van der Waals surface area contributed by atoms with Crippen molar-refractivity contribution < 1.29 is 4.74 Å². The minimum Gasteiger partial charge on any atom is -0.381 e. The normalized spacial score (nSPS) is 25.2. The minimum atomic E-state index is 0.328. The molecule has 4 heteroatoms. The number of piperazine rings is 1. The van der Waals surface area contributed by atoms with E-state index in [0.29, 0.717) is 11.6 Å². The van der Waals surface area contributed by atoms with Gasteiger partial charge in [0.25, 0.3) is 0 Å². The largest absolute Gasteiger partial charge is 0.381 e. The first kappa shape index (κ1) is 16.2. The molecule has 2 aliphatic heterocycles. The molecular formula is C16H33N3O. The Morgan fingerprint density at radius 3 is 1.80 bits per heavy atom. The summed E-state index contributed by atoms with van der Waals surface area (Å²) < 4.78 is 5.43.